The number of aryl methyl sites for hydroxylation is 1. The Hall–Kier alpha value is -1.38. The minimum atomic E-state index is -0.247. The second kappa shape index (κ2) is 4.03. The first-order chi connectivity index (χ1) is 6.29. The summed E-state index contributed by atoms with van der Waals surface area (Å²) in [6.45, 7) is 5.93. The zero-order valence-corrected chi connectivity index (χ0v) is 8.06. The van der Waals surface area contributed by atoms with Crippen LogP contribution in [0.1, 0.15) is 19.4 Å². The lowest BCUT2D eigenvalue weighted by molar-refractivity contribution is 0.636. The summed E-state index contributed by atoms with van der Waals surface area (Å²) in [4.78, 5) is 0. The third-order valence-corrected chi connectivity index (χ3v) is 1.78. The van der Waals surface area contributed by atoms with E-state index in [-0.39, 0.29) is 5.82 Å². The fraction of sp³-hybridized carbons (Fsp3) is 0.300. The van der Waals surface area contributed by atoms with Gasteiger partial charge in [0.05, 0.1) is 6.20 Å². The van der Waals surface area contributed by atoms with Gasteiger partial charge in [0, 0.05) is 5.39 Å². The predicted molar refractivity (Wildman–Crippen MR) is 52.1 cm³/mol. The van der Waals surface area contributed by atoms with E-state index in [0.29, 0.717) is 5.52 Å². The second-order valence-electron chi connectivity index (χ2n) is 2.52. The topological polar surface area (TPSA) is 28.7 Å². The Labute approximate surface area is 76.8 Å². The minimum absolute atomic E-state index is 0.247. The summed E-state index contributed by atoms with van der Waals surface area (Å²) in [5.41, 5.74) is 1.53. The lowest BCUT2D eigenvalue weighted by Gasteiger charge is -1.94. The van der Waals surface area contributed by atoms with E-state index in [1.165, 1.54) is 6.07 Å². The van der Waals surface area contributed by atoms with Gasteiger partial charge in [-0.3, -0.25) is 5.10 Å². The Kier molecular flexibility index (Phi) is 3.01. The van der Waals surface area contributed by atoms with Crippen LogP contribution in [0.5, 0.6) is 0 Å². The molecule has 0 spiro atoms. The monoisotopic (exact) mass is 180 g/mol. The van der Waals surface area contributed by atoms with E-state index in [4.69, 9.17) is 0 Å². The first kappa shape index (κ1) is 9.71. The maximum absolute atomic E-state index is 12.9. The van der Waals surface area contributed by atoms with Crippen molar-refractivity contribution in [2.75, 3.05) is 0 Å². The molecule has 2 aromatic rings. The van der Waals surface area contributed by atoms with Gasteiger partial charge in [-0.1, -0.05) is 19.9 Å². The highest BCUT2D eigenvalue weighted by Gasteiger charge is 2.03. The van der Waals surface area contributed by atoms with Crippen molar-refractivity contribution in [3.63, 3.8) is 0 Å². The van der Waals surface area contributed by atoms with E-state index in [1.807, 2.05) is 20.8 Å². The molecule has 1 heterocycles. The Morgan fingerprint density at radius 1 is 1.31 bits per heavy atom. The largest absolute Gasteiger partial charge is 0.275 e. The molecule has 1 aromatic carbocycles. The molecule has 0 amide bonds. The SMILES string of the molecule is CC.Cc1ccc(F)c2[nH]ncc12. The molecular weight excluding hydrogens is 167 g/mol. The van der Waals surface area contributed by atoms with Crippen LogP contribution in [0, 0.1) is 12.7 Å². The van der Waals surface area contributed by atoms with E-state index in [9.17, 15) is 4.39 Å². The van der Waals surface area contributed by atoms with Gasteiger partial charge in [-0.25, -0.2) is 4.39 Å². The van der Waals surface area contributed by atoms with Crippen LogP contribution < -0.4 is 0 Å². The number of hydrogen-bond acceptors (Lipinski definition) is 1. The fourth-order valence-electron chi connectivity index (χ4n) is 1.14. The highest BCUT2D eigenvalue weighted by Crippen LogP contribution is 2.17. The van der Waals surface area contributed by atoms with Crippen LogP contribution in [0.3, 0.4) is 0 Å². The first-order valence-electron chi connectivity index (χ1n) is 4.37. The van der Waals surface area contributed by atoms with Crippen molar-refractivity contribution in [1.29, 1.82) is 0 Å². The van der Waals surface area contributed by atoms with E-state index >= 15 is 0 Å². The van der Waals surface area contributed by atoms with Crippen LogP contribution in [0.4, 0.5) is 4.39 Å². The molecule has 2 rings (SSSR count). The molecule has 0 bridgehead atoms. The van der Waals surface area contributed by atoms with Crippen LogP contribution >= 0.6 is 0 Å². The second-order valence-corrected chi connectivity index (χ2v) is 2.52. The zero-order valence-electron chi connectivity index (χ0n) is 8.06. The molecule has 0 atom stereocenters. The lowest BCUT2D eigenvalue weighted by Crippen LogP contribution is -1.79. The van der Waals surface area contributed by atoms with Gasteiger partial charge in [-0.15, -0.1) is 0 Å². The normalized spacial score (nSPS) is 9.54. The molecule has 1 N–H and O–H groups in total. The van der Waals surface area contributed by atoms with Crippen LogP contribution in [0.2, 0.25) is 0 Å². The van der Waals surface area contributed by atoms with Crippen molar-refractivity contribution in [3.05, 3.63) is 29.7 Å². The van der Waals surface area contributed by atoms with Gasteiger partial charge in [-0.05, 0) is 18.6 Å². The van der Waals surface area contributed by atoms with Gasteiger partial charge in [0.25, 0.3) is 0 Å². The number of fused-ring (bicyclic) bond motifs is 1. The molecule has 0 saturated carbocycles. The highest BCUT2D eigenvalue weighted by molar-refractivity contribution is 5.81. The molecule has 1 aromatic heterocycles. The van der Waals surface area contributed by atoms with Crippen molar-refractivity contribution >= 4 is 10.9 Å². The quantitative estimate of drug-likeness (QED) is 0.663. The number of aromatic amines is 1. The highest BCUT2D eigenvalue weighted by atomic mass is 19.1. The molecule has 0 unspecified atom stereocenters. The molecule has 0 fully saturated rings. The van der Waals surface area contributed by atoms with Crippen molar-refractivity contribution < 1.29 is 4.39 Å². The smallest absolute Gasteiger partial charge is 0.148 e. The third kappa shape index (κ3) is 1.69. The summed E-state index contributed by atoms with van der Waals surface area (Å²) in [5.74, 6) is -0.247. The molecule has 0 aliphatic heterocycles. The Balaban J connectivity index is 0.000000396. The van der Waals surface area contributed by atoms with Gasteiger partial charge >= 0.3 is 0 Å². The molecular formula is C10H13FN2. The predicted octanol–water partition coefficient (Wildman–Crippen LogP) is 3.04. The van der Waals surface area contributed by atoms with E-state index in [0.717, 1.165) is 10.9 Å². The number of hydrogen-bond donors (Lipinski definition) is 1. The molecule has 0 aliphatic rings. The minimum Gasteiger partial charge on any atom is -0.275 e. The van der Waals surface area contributed by atoms with Gasteiger partial charge in [0.15, 0.2) is 0 Å². The maximum atomic E-state index is 12.9. The number of rotatable bonds is 0. The van der Waals surface area contributed by atoms with Crippen LogP contribution in [0.15, 0.2) is 18.3 Å². The summed E-state index contributed by atoms with van der Waals surface area (Å²) in [7, 11) is 0. The van der Waals surface area contributed by atoms with E-state index < -0.39 is 0 Å². The van der Waals surface area contributed by atoms with Crippen molar-refractivity contribution in [3.8, 4) is 0 Å². The maximum Gasteiger partial charge on any atom is 0.148 e. The van der Waals surface area contributed by atoms with Gasteiger partial charge in [-0.2, -0.15) is 5.10 Å². The molecule has 70 valence electrons. The summed E-state index contributed by atoms with van der Waals surface area (Å²) in [5, 5.41) is 7.21. The zero-order chi connectivity index (χ0) is 9.84. The molecule has 0 radical (unpaired) electrons. The number of H-pyrrole nitrogens is 1. The average Bonchev–Trinajstić information content (AvgIpc) is 2.64. The number of halogens is 1. The van der Waals surface area contributed by atoms with Crippen LogP contribution in [0.25, 0.3) is 10.9 Å². The average molecular weight is 180 g/mol. The first-order valence-corrected chi connectivity index (χ1v) is 4.37. The number of benzene rings is 1. The third-order valence-electron chi connectivity index (χ3n) is 1.78. The Morgan fingerprint density at radius 3 is 2.62 bits per heavy atom. The van der Waals surface area contributed by atoms with Crippen LogP contribution in [-0.2, 0) is 0 Å². The number of nitrogens with one attached hydrogen (secondary N) is 1. The van der Waals surface area contributed by atoms with Crippen molar-refractivity contribution in [2.45, 2.75) is 20.8 Å². The molecule has 2 nitrogen and oxygen atoms in total. The molecule has 0 saturated heterocycles. The Bertz CT molecular complexity index is 357. The number of aromatic nitrogens is 2. The van der Waals surface area contributed by atoms with E-state index in [2.05, 4.69) is 10.2 Å². The summed E-state index contributed by atoms with van der Waals surface area (Å²) < 4.78 is 12.9. The van der Waals surface area contributed by atoms with Crippen molar-refractivity contribution in [2.24, 2.45) is 0 Å². The van der Waals surface area contributed by atoms with Crippen LogP contribution in [-0.4, -0.2) is 10.2 Å². The fourth-order valence-corrected chi connectivity index (χ4v) is 1.14. The molecule has 3 heteroatoms. The van der Waals surface area contributed by atoms with Gasteiger partial charge < -0.3 is 0 Å². The lowest BCUT2D eigenvalue weighted by atomic mass is 10.1. The summed E-state index contributed by atoms with van der Waals surface area (Å²) in [6.07, 6.45) is 1.63. The van der Waals surface area contributed by atoms with Crippen molar-refractivity contribution in [1.82, 2.24) is 10.2 Å². The standard InChI is InChI=1S/C8H7FN2.C2H6/c1-5-2-3-7(9)8-6(5)4-10-11-8;1-2/h2-4H,1H3,(H,10,11);1-2H3. The summed E-state index contributed by atoms with van der Waals surface area (Å²) in [6, 6.07) is 3.18. The van der Waals surface area contributed by atoms with Gasteiger partial charge in [0.2, 0.25) is 0 Å². The van der Waals surface area contributed by atoms with Gasteiger partial charge in [0.1, 0.15) is 11.3 Å². The van der Waals surface area contributed by atoms with E-state index in [1.54, 1.807) is 12.3 Å². The summed E-state index contributed by atoms with van der Waals surface area (Å²) >= 11 is 0. The number of nitrogens with zero attached hydrogens (tertiary/aromatic N) is 1. The molecule has 13 heavy (non-hydrogen) atoms. The molecule has 0 aliphatic carbocycles. The Morgan fingerprint density at radius 2 is 2.00 bits per heavy atom.